The molecule has 0 atom stereocenters. The van der Waals surface area contributed by atoms with Gasteiger partial charge >= 0.3 is 6.01 Å². The fourth-order valence-electron chi connectivity index (χ4n) is 2.31. The second-order valence-corrected chi connectivity index (χ2v) is 5.27. The van der Waals surface area contributed by atoms with Gasteiger partial charge in [-0.1, -0.05) is 36.4 Å². The second kappa shape index (κ2) is 6.45. The number of carbonyl (C=O) groups excluding carboxylic acids is 1. The number of amides is 1. The van der Waals surface area contributed by atoms with Crippen molar-refractivity contribution in [3.8, 4) is 11.8 Å². The van der Waals surface area contributed by atoms with Crippen LogP contribution in [0.4, 0.5) is 5.69 Å². The molecule has 0 saturated heterocycles. The molecule has 0 aliphatic rings. The van der Waals surface area contributed by atoms with Crippen molar-refractivity contribution in [2.45, 2.75) is 0 Å². The molecule has 0 aliphatic carbocycles. The van der Waals surface area contributed by atoms with Gasteiger partial charge in [-0.3, -0.25) is 4.79 Å². The fraction of sp³-hybridized carbons (Fsp3) is 0. The quantitative estimate of drug-likeness (QED) is 0.604. The van der Waals surface area contributed by atoms with Crippen molar-refractivity contribution in [1.29, 1.82) is 0 Å². The molecule has 6 heteroatoms. The topological polar surface area (TPSA) is 77.2 Å². The first-order chi connectivity index (χ1) is 12.3. The summed E-state index contributed by atoms with van der Waals surface area (Å²) in [5.41, 5.74) is 1.11. The van der Waals surface area contributed by atoms with Crippen LogP contribution in [0.1, 0.15) is 10.6 Å². The summed E-state index contributed by atoms with van der Waals surface area (Å²) in [4.78, 5) is 20.4. The number of anilines is 1. The van der Waals surface area contributed by atoms with Gasteiger partial charge in [0.15, 0.2) is 5.76 Å². The van der Waals surface area contributed by atoms with Gasteiger partial charge in [-0.05, 0) is 24.3 Å². The molecule has 2 heterocycles. The van der Waals surface area contributed by atoms with Crippen molar-refractivity contribution >= 4 is 22.6 Å². The third kappa shape index (κ3) is 3.32. The van der Waals surface area contributed by atoms with Gasteiger partial charge in [0.2, 0.25) is 0 Å². The maximum atomic E-state index is 12.3. The summed E-state index contributed by atoms with van der Waals surface area (Å²) < 4.78 is 11.0. The highest BCUT2D eigenvalue weighted by Crippen LogP contribution is 2.20. The lowest BCUT2D eigenvalue weighted by Gasteiger charge is -2.05. The smallest absolute Gasteiger partial charge is 0.322 e. The Morgan fingerprint density at radius 1 is 0.960 bits per heavy atom. The van der Waals surface area contributed by atoms with Crippen molar-refractivity contribution in [3.05, 3.63) is 78.8 Å². The minimum Gasteiger partial charge on any atom is -0.451 e. The summed E-state index contributed by atoms with van der Waals surface area (Å²) in [5, 5.41) is 3.57. The normalized spacial score (nSPS) is 10.6. The van der Waals surface area contributed by atoms with Crippen LogP contribution in [0.5, 0.6) is 11.8 Å². The summed E-state index contributed by atoms with van der Waals surface area (Å²) in [6, 6.07) is 18.6. The Hall–Kier alpha value is -3.67. The molecule has 1 N–H and O–H groups in total. The molecular weight excluding hydrogens is 318 g/mol. The molecule has 0 radical (unpaired) electrons. The average Bonchev–Trinajstić information content (AvgIpc) is 3.09. The molecule has 0 saturated carbocycles. The van der Waals surface area contributed by atoms with E-state index in [9.17, 15) is 4.79 Å². The van der Waals surface area contributed by atoms with Crippen LogP contribution < -0.4 is 10.1 Å². The van der Waals surface area contributed by atoms with Crippen molar-refractivity contribution in [2.24, 2.45) is 0 Å². The number of fused-ring (bicyclic) bond motifs is 1. The summed E-state index contributed by atoms with van der Waals surface area (Å²) in [6.45, 7) is 0. The Kier molecular flexibility index (Phi) is 3.84. The monoisotopic (exact) mass is 331 g/mol. The molecule has 2 aromatic carbocycles. The van der Waals surface area contributed by atoms with E-state index in [4.69, 9.17) is 9.15 Å². The number of hydrogen-bond donors (Lipinski definition) is 1. The first-order valence-electron chi connectivity index (χ1n) is 7.63. The minimum atomic E-state index is -0.364. The molecule has 4 rings (SSSR count). The van der Waals surface area contributed by atoms with Crippen molar-refractivity contribution < 1.29 is 13.9 Å². The van der Waals surface area contributed by atoms with E-state index in [0.29, 0.717) is 17.0 Å². The number of nitrogens with one attached hydrogen (secondary N) is 1. The lowest BCUT2D eigenvalue weighted by Crippen LogP contribution is -2.11. The average molecular weight is 331 g/mol. The molecule has 0 aliphatic heterocycles. The number of nitrogens with zero attached hydrogens (tertiary/aromatic N) is 2. The summed E-state index contributed by atoms with van der Waals surface area (Å²) >= 11 is 0. The van der Waals surface area contributed by atoms with E-state index in [1.165, 1.54) is 12.4 Å². The van der Waals surface area contributed by atoms with Gasteiger partial charge in [0.25, 0.3) is 5.91 Å². The zero-order valence-corrected chi connectivity index (χ0v) is 13.0. The summed E-state index contributed by atoms with van der Waals surface area (Å²) in [7, 11) is 0. The van der Waals surface area contributed by atoms with Gasteiger partial charge in [0.05, 0.1) is 18.1 Å². The van der Waals surface area contributed by atoms with Gasteiger partial charge in [-0.2, -0.15) is 0 Å². The van der Waals surface area contributed by atoms with E-state index in [2.05, 4.69) is 15.3 Å². The molecule has 0 unspecified atom stereocenters. The number of carbonyl (C=O) groups is 1. The molecule has 1 amide bonds. The Labute approximate surface area is 143 Å². The maximum absolute atomic E-state index is 12.3. The predicted molar refractivity (Wildman–Crippen MR) is 92.7 cm³/mol. The largest absolute Gasteiger partial charge is 0.451 e. The predicted octanol–water partition coefficient (Wildman–Crippen LogP) is 4.27. The third-order valence-corrected chi connectivity index (χ3v) is 3.49. The SMILES string of the molecule is O=C(Nc1cnc(Oc2ccccc2)nc1)c1cc2ccccc2o1. The summed E-state index contributed by atoms with van der Waals surface area (Å²) in [5.74, 6) is 0.504. The van der Waals surface area contributed by atoms with E-state index >= 15 is 0 Å². The highest BCUT2D eigenvalue weighted by molar-refractivity contribution is 6.04. The van der Waals surface area contributed by atoms with E-state index in [0.717, 1.165) is 5.39 Å². The van der Waals surface area contributed by atoms with Crippen LogP contribution in [0.15, 0.2) is 77.5 Å². The first-order valence-corrected chi connectivity index (χ1v) is 7.63. The molecule has 25 heavy (non-hydrogen) atoms. The van der Waals surface area contributed by atoms with Crippen LogP contribution in [0.3, 0.4) is 0 Å². The standard InChI is InChI=1S/C19H13N3O3/c23-18(17-10-13-6-4-5-9-16(13)25-17)22-14-11-20-19(21-12-14)24-15-7-2-1-3-8-15/h1-12H,(H,22,23). The molecule has 0 bridgehead atoms. The molecule has 0 fully saturated rings. The van der Waals surface area contributed by atoms with Gasteiger partial charge in [-0.15, -0.1) is 0 Å². The van der Waals surface area contributed by atoms with E-state index in [-0.39, 0.29) is 17.7 Å². The highest BCUT2D eigenvalue weighted by Gasteiger charge is 2.13. The number of ether oxygens (including phenoxy) is 1. The summed E-state index contributed by atoms with van der Waals surface area (Å²) in [6.07, 6.45) is 2.96. The molecule has 2 aromatic heterocycles. The number of benzene rings is 2. The van der Waals surface area contributed by atoms with Gasteiger partial charge in [0.1, 0.15) is 11.3 Å². The Morgan fingerprint density at radius 3 is 2.44 bits per heavy atom. The third-order valence-electron chi connectivity index (χ3n) is 3.49. The van der Waals surface area contributed by atoms with E-state index in [1.807, 2.05) is 42.5 Å². The van der Waals surface area contributed by atoms with Crippen molar-refractivity contribution in [2.75, 3.05) is 5.32 Å². The number of para-hydroxylation sites is 2. The fourth-order valence-corrected chi connectivity index (χ4v) is 2.31. The van der Waals surface area contributed by atoms with Crippen molar-refractivity contribution in [1.82, 2.24) is 9.97 Å². The lowest BCUT2D eigenvalue weighted by molar-refractivity contribution is 0.0998. The molecular formula is C19H13N3O3. The number of furan rings is 1. The van der Waals surface area contributed by atoms with Crippen LogP contribution in [-0.2, 0) is 0 Å². The van der Waals surface area contributed by atoms with E-state index in [1.54, 1.807) is 18.2 Å². The number of hydrogen-bond acceptors (Lipinski definition) is 5. The zero-order valence-electron chi connectivity index (χ0n) is 13.0. The van der Waals surface area contributed by atoms with Crippen LogP contribution in [-0.4, -0.2) is 15.9 Å². The van der Waals surface area contributed by atoms with Crippen molar-refractivity contribution in [3.63, 3.8) is 0 Å². The van der Waals surface area contributed by atoms with Crippen LogP contribution >= 0.6 is 0 Å². The van der Waals surface area contributed by atoms with Crippen LogP contribution in [0.2, 0.25) is 0 Å². The Balaban J connectivity index is 1.46. The van der Waals surface area contributed by atoms with E-state index < -0.39 is 0 Å². The zero-order chi connectivity index (χ0) is 17.1. The molecule has 4 aromatic rings. The molecule has 6 nitrogen and oxygen atoms in total. The Bertz CT molecular complexity index is 978. The Morgan fingerprint density at radius 2 is 1.68 bits per heavy atom. The molecule has 0 spiro atoms. The second-order valence-electron chi connectivity index (χ2n) is 5.27. The highest BCUT2D eigenvalue weighted by atomic mass is 16.5. The van der Waals surface area contributed by atoms with Gasteiger partial charge < -0.3 is 14.5 Å². The minimum absolute atomic E-state index is 0.202. The number of rotatable bonds is 4. The number of aromatic nitrogens is 2. The maximum Gasteiger partial charge on any atom is 0.322 e. The van der Waals surface area contributed by atoms with Crippen LogP contribution in [0.25, 0.3) is 11.0 Å². The lowest BCUT2D eigenvalue weighted by atomic mass is 10.2. The molecule has 122 valence electrons. The first kappa shape index (κ1) is 14.9. The van der Waals surface area contributed by atoms with Gasteiger partial charge in [-0.25, -0.2) is 9.97 Å². The van der Waals surface area contributed by atoms with Crippen LogP contribution in [0, 0.1) is 0 Å². The van der Waals surface area contributed by atoms with Gasteiger partial charge in [0, 0.05) is 5.39 Å².